The van der Waals surface area contributed by atoms with Gasteiger partial charge in [0.05, 0.1) is 11.6 Å². The highest BCUT2D eigenvalue weighted by Gasteiger charge is 2.25. The number of fused-ring (bicyclic) bond motifs is 1. The Labute approximate surface area is 91.6 Å². The number of hydrogen-bond acceptors (Lipinski definition) is 2. The van der Waals surface area contributed by atoms with Crippen LogP contribution in [0.15, 0.2) is 4.60 Å². The molecule has 2 rings (SSSR count). The molecular weight excluding hydrogens is 244 g/mol. The van der Waals surface area contributed by atoms with Crippen LogP contribution in [0, 0.1) is 0 Å². The fourth-order valence-electron chi connectivity index (χ4n) is 2.09. The van der Waals surface area contributed by atoms with Crippen LogP contribution < -0.4 is 0 Å². The first-order valence-corrected chi connectivity index (χ1v) is 5.77. The first-order chi connectivity index (χ1) is 6.77. The van der Waals surface area contributed by atoms with Crippen molar-refractivity contribution in [2.75, 3.05) is 0 Å². The molecule has 3 nitrogen and oxygen atoms in total. The van der Waals surface area contributed by atoms with Gasteiger partial charge in [-0.3, -0.25) is 0 Å². The molecule has 0 spiro atoms. The fourth-order valence-corrected chi connectivity index (χ4v) is 2.81. The van der Waals surface area contributed by atoms with Gasteiger partial charge in [0, 0.05) is 13.0 Å². The van der Waals surface area contributed by atoms with E-state index in [1.807, 2.05) is 0 Å². The smallest absolute Gasteiger partial charge is 0.129 e. The number of aryl methyl sites for hydroxylation is 1. The third-order valence-electron chi connectivity index (χ3n) is 2.77. The minimum atomic E-state index is 0.0333. The van der Waals surface area contributed by atoms with Crippen molar-refractivity contribution in [2.24, 2.45) is 0 Å². The molecule has 1 aliphatic heterocycles. The maximum absolute atomic E-state index is 10.9. The fraction of sp³-hybridized carbons (Fsp3) is 0.600. The first kappa shape index (κ1) is 9.90. The summed E-state index contributed by atoms with van der Waals surface area (Å²) in [4.78, 5) is 15.3. The van der Waals surface area contributed by atoms with Crippen molar-refractivity contribution in [3.63, 3.8) is 0 Å². The van der Waals surface area contributed by atoms with Crippen LogP contribution in [0.3, 0.4) is 0 Å². The third kappa shape index (κ3) is 1.41. The van der Waals surface area contributed by atoms with Crippen molar-refractivity contribution in [3.8, 4) is 0 Å². The van der Waals surface area contributed by atoms with Crippen LogP contribution in [-0.2, 0) is 17.8 Å². The number of carbonyl (C=O) groups excluding carboxylic acids is 1. The predicted molar refractivity (Wildman–Crippen MR) is 57.3 cm³/mol. The molecule has 1 unspecified atom stereocenters. The molecular formula is C10H13BrN2O. The van der Waals surface area contributed by atoms with E-state index in [1.54, 1.807) is 0 Å². The van der Waals surface area contributed by atoms with Gasteiger partial charge in [0.15, 0.2) is 0 Å². The van der Waals surface area contributed by atoms with E-state index in [9.17, 15) is 4.79 Å². The molecule has 1 aromatic rings. The van der Waals surface area contributed by atoms with Crippen LogP contribution in [0.2, 0.25) is 0 Å². The number of nitrogens with zero attached hydrogens (tertiary/aromatic N) is 2. The molecule has 2 heterocycles. The quantitative estimate of drug-likeness (QED) is 0.762. The van der Waals surface area contributed by atoms with E-state index < -0.39 is 0 Å². The van der Waals surface area contributed by atoms with Gasteiger partial charge < -0.3 is 9.36 Å². The number of aldehydes is 1. The van der Waals surface area contributed by atoms with E-state index in [1.165, 1.54) is 0 Å². The number of imidazole rings is 1. The Hall–Kier alpha value is -0.640. The molecule has 14 heavy (non-hydrogen) atoms. The molecule has 0 N–H and O–H groups in total. The maximum Gasteiger partial charge on any atom is 0.129 e. The lowest BCUT2D eigenvalue weighted by Crippen LogP contribution is -2.17. The van der Waals surface area contributed by atoms with E-state index in [4.69, 9.17) is 0 Å². The van der Waals surface area contributed by atoms with Gasteiger partial charge in [-0.15, -0.1) is 0 Å². The van der Waals surface area contributed by atoms with E-state index in [-0.39, 0.29) is 5.92 Å². The molecule has 0 saturated heterocycles. The lowest BCUT2D eigenvalue weighted by molar-refractivity contribution is -0.109. The molecule has 0 fully saturated rings. The van der Waals surface area contributed by atoms with E-state index in [2.05, 4.69) is 32.4 Å². The van der Waals surface area contributed by atoms with Gasteiger partial charge in [-0.25, -0.2) is 4.98 Å². The van der Waals surface area contributed by atoms with Crippen molar-refractivity contribution in [1.82, 2.24) is 9.55 Å². The predicted octanol–water partition coefficient (Wildman–Crippen LogP) is 2.28. The summed E-state index contributed by atoms with van der Waals surface area (Å²) in [6.45, 7) is 3.09. The zero-order valence-electron chi connectivity index (χ0n) is 8.16. The molecule has 0 aliphatic carbocycles. The van der Waals surface area contributed by atoms with Gasteiger partial charge in [-0.2, -0.15) is 0 Å². The number of halogens is 1. The molecule has 1 aliphatic rings. The lowest BCUT2D eigenvalue weighted by Gasteiger charge is -2.21. The van der Waals surface area contributed by atoms with Crippen LogP contribution >= 0.6 is 15.9 Å². The Morgan fingerprint density at radius 2 is 2.50 bits per heavy atom. The standard InChI is InChI=1S/C10H13BrN2O/c1-2-8-12-10(11)9-7(6-14)4-3-5-13(8)9/h6-7H,2-5H2,1H3. The van der Waals surface area contributed by atoms with Gasteiger partial charge in [0.25, 0.3) is 0 Å². The second kappa shape index (κ2) is 3.85. The maximum atomic E-state index is 10.9. The summed E-state index contributed by atoms with van der Waals surface area (Å²) in [6, 6.07) is 0. The molecule has 76 valence electrons. The van der Waals surface area contributed by atoms with Crippen molar-refractivity contribution in [1.29, 1.82) is 0 Å². The van der Waals surface area contributed by atoms with Crippen LogP contribution in [0.5, 0.6) is 0 Å². The van der Waals surface area contributed by atoms with Crippen molar-refractivity contribution < 1.29 is 4.79 Å². The highest BCUT2D eigenvalue weighted by atomic mass is 79.9. The van der Waals surface area contributed by atoms with Crippen LogP contribution in [0.1, 0.15) is 37.2 Å². The van der Waals surface area contributed by atoms with Crippen molar-refractivity contribution in [2.45, 2.75) is 38.6 Å². The first-order valence-electron chi connectivity index (χ1n) is 4.98. The number of hydrogen-bond donors (Lipinski definition) is 0. The highest BCUT2D eigenvalue weighted by molar-refractivity contribution is 9.10. The Balaban J connectivity index is 2.51. The molecule has 4 heteroatoms. The monoisotopic (exact) mass is 256 g/mol. The minimum absolute atomic E-state index is 0.0333. The zero-order chi connectivity index (χ0) is 10.1. The SMILES string of the molecule is CCc1nc(Br)c2n1CCCC2C=O. The highest BCUT2D eigenvalue weighted by Crippen LogP contribution is 2.32. The lowest BCUT2D eigenvalue weighted by atomic mass is 9.98. The second-order valence-electron chi connectivity index (χ2n) is 3.59. The average molecular weight is 257 g/mol. The summed E-state index contributed by atoms with van der Waals surface area (Å²) in [5.74, 6) is 1.12. The minimum Gasteiger partial charge on any atom is -0.330 e. The molecule has 0 bridgehead atoms. The third-order valence-corrected chi connectivity index (χ3v) is 3.35. The van der Waals surface area contributed by atoms with E-state index in [0.717, 1.165) is 48.2 Å². The Morgan fingerprint density at radius 3 is 3.14 bits per heavy atom. The van der Waals surface area contributed by atoms with Gasteiger partial charge in [0.1, 0.15) is 16.7 Å². The normalized spacial score (nSPS) is 20.6. The molecule has 1 atom stereocenters. The number of carbonyl (C=O) groups is 1. The van der Waals surface area contributed by atoms with Crippen LogP contribution in [0.25, 0.3) is 0 Å². The zero-order valence-corrected chi connectivity index (χ0v) is 9.75. The summed E-state index contributed by atoms with van der Waals surface area (Å²) in [5, 5.41) is 0. The second-order valence-corrected chi connectivity index (χ2v) is 4.35. The summed E-state index contributed by atoms with van der Waals surface area (Å²) >= 11 is 3.43. The van der Waals surface area contributed by atoms with E-state index >= 15 is 0 Å². The molecule has 0 radical (unpaired) electrons. The van der Waals surface area contributed by atoms with E-state index in [0.29, 0.717) is 0 Å². The summed E-state index contributed by atoms with van der Waals surface area (Å²) < 4.78 is 3.04. The van der Waals surface area contributed by atoms with Crippen molar-refractivity contribution >= 4 is 22.2 Å². The Bertz CT molecular complexity index is 359. The van der Waals surface area contributed by atoms with Gasteiger partial charge in [-0.05, 0) is 28.8 Å². The summed E-state index contributed by atoms with van der Waals surface area (Å²) in [5.41, 5.74) is 1.07. The largest absolute Gasteiger partial charge is 0.330 e. The van der Waals surface area contributed by atoms with Gasteiger partial charge in [0.2, 0.25) is 0 Å². The molecule has 0 amide bonds. The molecule has 1 aromatic heterocycles. The summed E-state index contributed by atoms with van der Waals surface area (Å²) in [7, 11) is 0. The van der Waals surface area contributed by atoms with Gasteiger partial charge in [-0.1, -0.05) is 6.92 Å². The Kier molecular flexibility index (Phi) is 2.72. The average Bonchev–Trinajstić information content (AvgIpc) is 2.55. The molecule has 0 saturated carbocycles. The van der Waals surface area contributed by atoms with Crippen LogP contribution in [0.4, 0.5) is 0 Å². The number of aromatic nitrogens is 2. The van der Waals surface area contributed by atoms with Crippen molar-refractivity contribution in [3.05, 3.63) is 16.1 Å². The Morgan fingerprint density at radius 1 is 1.71 bits per heavy atom. The topological polar surface area (TPSA) is 34.9 Å². The summed E-state index contributed by atoms with van der Waals surface area (Å²) in [6.07, 6.45) is 3.99. The number of rotatable bonds is 2. The van der Waals surface area contributed by atoms with Crippen LogP contribution in [-0.4, -0.2) is 15.8 Å². The van der Waals surface area contributed by atoms with Gasteiger partial charge >= 0.3 is 0 Å². The molecule has 0 aromatic carbocycles.